The maximum Gasteiger partial charge on any atom is 0.0408 e. The highest BCUT2D eigenvalue weighted by Crippen LogP contribution is 2.38. The first-order valence-corrected chi connectivity index (χ1v) is 11.9. The van der Waals surface area contributed by atoms with E-state index in [0.717, 1.165) is 6.42 Å². The highest BCUT2D eigenvalue weighted by atomic mass is 15.1. The molecule has 2 atom stereocenters. The van der Waals surface area contributed by atoms with Crippen molar-refractivity contribution >= 4 is 11.4 Å². The van der Waals surface area contributed by atoms with Gasteiger partial charge in [-0.1, -0.05) is 96.6 Å². The van der Waals surface area contributed by atoms with E-state index in [1.54, 1.807) is 0 Å². The Bertz CT molecular complexity index is 1220. The van der Waals surface area contributed by atoms with Crippen LogP contribution in [0.2, 0.25) is 0 Å². The maximum absolute atomic E-state index is 2.40. The summed E-state index contributed by atoms with van der Waals surface area (Å²) in [4.78, 5) is 2.22. The molecule has 33 heavy (non-hydrogen) atoms. The Labute approximate surface area is 198 Å². The molecule has 0 N–H and O–H groups in total. The zero-order valence-electron chi connectivity index (χ0n) is 19.5. The molecular formula is C32H31N. The molecule has 4 aromatic rings. The van der Waals surface area contributed by atoms with Crippen molar-refractivity contribution < 1.29 is 0 Å². The van der Waals surface area contributed by atoms with Gasteiger partial charge >= 0.3 is 0 Å². The molecule has 0 aromatic heterocycles. The molecular weight excluding hydrogens is 398 g/mol. The molecule has 0 radical (unpaired) electrons. The lowest BCUT2D eigenvalue weighted by molar-refractivity contribution is 0.566. The Morgan fingerprint density at radius 1 is 0.667 bits per heavy atom. The smallest absolute Gasteiger partial charge is 0.0408 e. The summed E-state index contributed by atoms with van der Waals surface area (Å²) in [6, 6.07) is 37.6. The van der Waals surface area contributed by atoms with Crippen LogP contribution in [-0.2, 0) is 0 Å². The van der Waals surface area contributed by atoms with E-state index < -0.39 is 0 Å². The Hall–Kier alpha value is -3.58. The van der Waals surface area contributed by atoms with Crippen LogP contribution in [0.3, 0.4) is 0 Å². The quantitative estimate of drug-likeness (QED) is 0.287. The first kappa shape index (κ1) is 21.3. The molecule has 0 aliphatic heterocycles. The number of hydrogen-bond donors (Lipinski definition) is 0. The second kappa shape index (κ2) is 9.50. The van der Waals surface area contributed by atoms with E-state index in [-0.39, 0.29) is 0 Å². The van der Waals surface area contributed by atoms with Crippen molar-refractivity contribution in [2.45, 2.75) is 31.6 Å². The molecule has 1 heteroatoms. The van der Waals surface area contributed by atoms with Crippen molar-refractivity contribution in [2.24, 2.45) is 0 Å². The lowest BCUT2D eigenvalue weighted by Crippen LogP contribution is -2.09. The van der Waals surface area contributed by atoms with Gasteiger partial charge in [0.25, 0.3) is 0 Å². The molecule has 1 nitrogen and oxygen atoms in total. The van der Waals surface area contributed by atoms with Gasteiger partial charge in [0, 0.05) is 24.3 Å². The fourth-order valence-electron chi connectivity index (χ4n) is 4.87. The van der Waals surface area contributed by atoms with Crippen LogP contribution in [0.5, 0.6) is 0 Å². The minimum Gasteiger partial charge on any atom is -0.345 e. The summed E-state index contributed by atoms with van der Waals surface area (Å²) in [6.07, 6.45) is 7.06. The lowest BCUT2D eigenvalue weighted by Gasteiger charge is -2.26. The molecule has 0 fully saturated rings. The second-order valence-corrected chi connectivity index (χ2v) is 9.18. The maximum atomic E-state index is 2.40. The average molecular weight is 430 g/mol. The van der Waals surface area contributed by atoms with E-state index in [1.807, 2.05) is 0 Å². The molecule has 0 amide bonds. The molecule has 0 saturated heterocycles. The van der Waals surface area contributed by atoms with E-state index >= 15 is 0 Å². The molecule has 4 aromatic carbocycles. The number of aryl methyl sites for hydroxylation is 1. The van der Waals surface area contributed by atoms with E-state index in [0.29, 0.717) is 11.8 Å². The van der Waals surface area contributed by atoms with Gasteiger partial charge in [-0.3, -0.25) is 0 Å². The van der Waals surface area contributed by atoms with Crippen LogP contribution in [0.1, 0.15) is 41.4 Å². The molecule has 1 aliphatic rings. The van der Waals surface area contributed by atoms with E-state index in [4.69, 9.17) is 0 Å². The van der Waals surface area contributed by atoms with Gasteiger partial charge in [0.2, 0.25) is 0 Å². The number of hydrogen-bond acceptors (Lipinski definition) is 1. The van der Waals surface area contributed by atoms with Gasteiger partial charge in [-0.15, -0.1) is 0 Å². The zero-order chi connectivity index (χ0) is 22.6. The summed E-state index contributed by atoms with van der Waals surface area (Å²) < 4.78 is 0. The predicted molar refractivity (Wildman–Crippen MR) is 141 cm³/mol. The van der Waals surface area contributed by atoms with Crippen molar-refractivity contribution in [3.63, 3.8) is 0 Å². The van der Waals surface area contributed by atoms with E-state index in [2.05, 4.69) is 134 Å². The SMILES string of the molecule is Cc1ccc(C2C=CCC(c3cccc(-c4ccc(N(C)c5ccccc5)cc4)c3)C2)cc1. The minimum atomic E-state index is 0.501. The van der Waals surface area contributed by atoms with Gasteiger partial charge in [-0.05, 0) is 72.2 Å². The minimum absolute atomic E-state index is 0.501. The third-order valence-corrected chi connectivity index (χ3v) is 6.92. The molecule has 5 rings (SSSR count). The Kier molecular flexibility index (Phi) is 6.13. The molecule has 0 spiro atoms. The fourth-order valence-corrected chi connectivity index (χ4v) is 4.87. The largest absolute Gasteiger partial charge is 0.345 e. The van der Waals surface area contributed by atoms with Crippen molar-refractivity contribution in [3.05, 3.63) is 132 Å². The van der Waals surface area contributed by atoms with Crippen molar-refractivity contribution in [3.8, 4) is 11.1 Å². The molecule has 0 heterocycles. The van der Waals surface area contributed by atoms with E-state index in [9.17, 15) is 0 Å². The topological polar surface area (TPSA) is 3.24 Å². The van der Waals surface area contributed by atoms with E-state index in [1.165, 1.54) is 45.6 Å². The molecule has 164 valence electrons. The zero-order valence-corrected chi connectivity index (χ0v) is 19.5. The second-order valence-electron chi connectivity index (χ2n) is 9.18. The van der Waals surface area contributed by atoms with Gasteiger partial charge in [-0.2, -0.15) is 0 Å². The van der Waals surface area contributed by atoms with Gasteiger partial charge in [0.05, 0.1) is 0 Å². The van der Waals surface area contributed by atoms with Crippen LogP contribution >= 0.6 is 0 Å². The van der Waals surface area contributed by atoms with Crippen molar-refractivity contribution in [1.82, 2.24) is 0 Å². The van der Waals surface area contributed by atoms with Crippen LogP contribution in [0.15, 0.2) is 115 Å². The average Bonchev–Trinajstić information content (AvgIpc) is 2.89. The van der Waals surface area contributed by atoms with Gasteiger partial charge in [0.1, 0.15) is 0 Å². The summed E-state index contributed by atoms with van der Waals surface area (Å²) in [5, 5.41) is 0. The summed E-state index contributed by atoms with van der Waals surface area (Å²) >= 11 is 0. The Morgan fingerprint density at radius 2 is 1.39 bits per heavy atom. The van der Waals surface area contributed by atoms with Crippen LogP contribution in [0.25, 0.3) is 11.1 Å². The standard InChI is InChI=1S/C32H31N/c1-24-14-16-25(17-15-24)27-8-6-10-29(22-27)30-11-7-9-28(23-30)26-18-20-32(21-19-26)33(2)31-12-4-3-5-13-31/h3-9,11-21,23,27,29H,10,22H2,1-2H3. The number of nitrogens with zero attached hydrogens (tertiary/aromatic N) is 1. The molecule has 2 unspecified atom stereocenters. The van der Waals surface area contributed by atoms with Crippen LogP contribution < -0.4 is 4.90 Å². The van der Waals surface area contributed by atoms with Crippen molar-refractivity contribution in [2.75, 3.05) is 11.9 Å². The summed E-state index contributed by atoms with van der Waals surface area (Å²) in [5.41, 5.74) is 9.14. The number of rotatable bonds is 5. The monoisotopic (exact) mass is 429 g/mol. The first-order chi connectivity index (χ1) is 16.2. The van der Waals surface area contributed by atoms with Gasteiger partial charge < -0.3 is 4.90 Å². The van der Waals surface area contributed by atoms with Gasteiger partial charge in [-0.25, -0.2) is 0 Å². The van der Waals surface area contributed by atoms with Crippen LogP contribution in [-0.4, -0.2) is 7.05 Å². The highest BCUT2D eigenvalue weighted by Gasteiger charge is 2.21. The number of allylic oxidation sites excluding steroid dienone is 2. The molecule has 0 saturated carbocycles. The number of anilines is 2. The molecule has 1 aliphatic carbocycles. The lowest BCUT2D eigenvalue weighted by atomic mass is 9.79. The first-order valence-electron chi connectivity index (χ1n) is 11.9. The number of para-hydroxylation sites is 1. The third-order valence-electron chi connectivity index (χ3n) is 6.92. The predicted octanol–water partition coefficient (Wildman–Crippen LogP) is 8.65. The summed E-state index contributed by atoms with van der Waals surface area (Å²) in [5.74, 6) is 1.06. The van der Waals surface area contributed by atoms with Crippen molar-refractivity contribution in [1.29, 1.82) is 0 Å². The Balaban J connectivity index is 1.34. The number of benzene rings is 4. The van der Waals surface area contributed by atoms with Gasteiger partial charge in [0.15, 0.2) is 0 Å². The Morgan fingerprint density at radius 3 is 2.15 bits per heavy atom. The summed E-state index contributed by atoms with van der Waals surface area (Å²) in [6.45, 7) is 2.15. The summed E-state index contributed by atoms with van der Waals surface area (Å²) in [7, 11) is 2.12. The van der Waals surface area contributed by atoms with Crippen LogP contribution in [0.4, 0.5) is 11.4 Å². The highest BCUT2D eigenvalue weighted by molar-refractivity contribution is 5.70. The molecule has 0 bridgehead atoms. The normalized spacial score (nSPS) is 17.6. The third kappa shape index (κ3) is 4.78. The fraction of sp³-hybridized carbons (Fsp3) is 0.188. The van der Waals surface area contributed by atoms with Crippen LogP contribution in [0, 0.1) is 6.92 Å².